The third kappa shape index (κ3) is 13.9. The van der Waals surface area contributed by atoms with Crippen LogP contribution < -0.4 is 27.0 Å². The van der Waals surface area contributed by atoms with Gasteiger partial charge < -0.3 is 31.7 Å². The molecule has 0 saturated carbocycles. The maximum Gasteiger partial charge on any atom is 0.417 e. The van der Waals surface area contributed by atoms with Gasteiger partial charge in [0.15, 0.2) is 0 Å². The number of nitrogens with one attached hydrogen (secondary N) is 4. The van der Waals surface area contributed by atoms with Gasteiger partial charge in [-0.2, -0.15) is 0 Å². The number of ether oxygens (including phenoxy) is 1. The number of carbonyl (C=O) groups is 6. The Labute approximate surface area is 338 Å². The van der Waals surface area contributed by atoms with Crippen LogP contribution in [-0.2, 0) is 38.3 Å². The summed E-state index contributed by atoms with van der Waals surface area (Å²) < 4.78 is 4.65. The number of imide groups is 1. The zero-order valence-electron chi connectivity index (χ0n) is 33.2. The molecule has 6 amide bonds. The molecule has 0 aliphatic rings. The van der Waals surface area contributed by atoms with E-state index in [9.17, 15) is 33.6 Å². The maximum atomic E-state index is 13.8. The number of amides is 6. The van der Waals surface area contributed by atoms with Crippen LogP contribution in [0.1, 0.15) is 64.7 Å². The number of hydrogen-bond acceptors (Lipinski definition) is 10. The van der Waals surface area contributed by atoms with Gasteiger partial charge in [-0.3, -0.25) is 28.8 Å². The molecule has 0 fully saturated rings. The van der Waals surface area contributed by atoms with Crippen LogP contribution in [0.2, 0.25) is 0 Å². The summed E-state index contributed by atoms with van der Waals surface area (Å²) in [6, 6.07) is 25.6. The molecule has 1 radical (unpaired) electrons. The molecular formula is C42H53N6O8S. The second kappa shape index (κ2) is 21.7. The molecule has 3 aromatic carbocycles. The summed E-state index contributed by atoms with van der Waals surface area (Å²) >= 11 is 1.34. The number of nitrogens with zero attached hydrogens (tertiary/aromatic N) is 1. The number of benzene rings is 3. The minimum absolute atomic E-state index is 0.103. The van der Waals surface area contributed by atoms with Crippen LogP contribution in [0.3, 0.4) is 0 Å². The van der Waals surface area contributed by atoms with Crippen LogP contribution in [0.15, 0.2) is 91.0 Å². The Hall–Kier alpha value is -5.54. The molecule has 0 bridgehead atoms. The lowest BCUT2D eigenvalue weighted by atomic mass is 9.84. The molecule has 57 heavy (non-hydrogen) atoms. The average Bonchev–Trinajstić information content (AvgIpc) is 3.18. The summed E-state index contributed by atoms with van der Waals surface area (Å²) in [5, 5.41) is 9.56. The molecule has 15 heteroatoms. The SMILES string of the molecule is CC(C)C[C@H](N)C(=O)NCC(=O)NCC(=O)N[C@@H](C)C(=O)NCC(=O)N(C(=O)OC(C)(C)C)[C@H]([C]=O)CSC(c1ccccc1)(c1ccccc1)c1ccccc1. The lowest BCUT2D eigenvalue weighted by Crippen LogP contribution is -2.54. The summed E-state index contributed by atoms with van der Waals surface area (Å²) in [6.07, 6.45) is 1.20. The number of nitrogens with two attached hydrogens (primary N) is 1. The monoisotopic (exact) mass is 801 g/mol. The van der Waals surface area contributed by atoms with Crippen LogP contribution in [-0.4, -0.2) is 95.9 Å². The highest BCUT2D eigenvalue weighted by molar-refractivity contribution is 8.00. The predicted molar refractivity (Wildman–Crippen MR) is 218 cm³/mol. The summed E-state index contributed by atoms with van der Waals surface area (Å²) in [4.78, 5) is 90.5. The summed E-state index contributed by atoms with van der Waals surface area (Å²) in [6.45, 7) is 8.40. The number of hydrogen-bond donors (Lipinski definition) is 5. The minimum atomic E-state index is -1.44. The topological polar surface area (TPSA) is 206 Å². The molecule has 0 unspecified atom stereocenters. The van der Waals surface area contributed by atoms with Gasteiger partial charge in [0.25, 0.3) is 5.91 Å². The Morgan fingerprint density at radius 3 is 1.65 bits per heavy atom. The van der Waals surface area contributed by atoms with Crippen molar-refractivity contribution in [2.75, 3.05) is 25.4 Å². The van der Waals surface area contributed by atoms with E-state index in [-0.39, 0.29) is 11.7 Å². The first-order chi connectivity index (χ1) is 27.0. The normalized spacial score (nSPS) is 13.0. The van der Waals surface area contributed by atoms with E-state index < -0.39 is 83.7 Å². The van der Waals surface area contributed by atoms with Crippen LogP contribution in [0.4, 0.5) is 4.79 Å². The van der Waals surface area contributed by atoms with E-state index >= 15 is 0 Å². The molecule has 3 rings (SSSR count). The van der Waals surface area contributed by atoms with Gasteiger partial charge in [0.1, 0.15) is 17.7 Å². The van der Waals surface area contributed by atoms with Crippen LogP contribution in [0.25, 0.3) is 0 Å². The van der Waals surface area contributed by atoms with Gasteiger partial charge >= 0.3 is 6.09 Å². The number of thioether (sulfide) groups is 1. The molecule has 305 valence electrons. The van der Waals surface area contributed by atoms with E-state index in [4.69, 9.17) is 10.5 Å². The lowest BCUT2D eigenvalue weighted by Gasteiger charge is -2.37. The quantitative estimate of drug-likeness (QED) is 0.112. The van der Waals surface area contributed by atoms with E-state index in [2.05, 4.69) is 21.3 Å². The Morgan fingerprint density at radius 1 is 0.719 bits per heavy atom. The van der Waals surface area contributed by atoms with Gasteiger partial charge in [0, 0.05) is 5.75 Å². The van der Waals surface area contributed by atoms with Crippen molar-refractivity contribution >= 4 is 53.7 Å². The third-order valence-electron chi connectivity index (χ3n) is 8.42. The van der Waals surface area contributed by atoms with Crippen molar-refractivity contribution in [3.63, 3.8) is 0 Å². The smallest absolute Gasteiger partial charge is 0.417 e. The Kier molecular flexibility index (Phi) is 17.4. The summed E-state index contributed by atoms with van der Waals surface area (Å²) in [5.41, 5.74) is 7.45. The van der Waals surface area contributed by atoms with Gasteiger partial charge in [0.05, 0.1) is 30.4 Å². The van der Waals surface area contributed by atoms with Crippen molar-refractivity contribution < 1.29 is 38.3 Å². The van der Waals surface area contributed by atoms with Crippen molar-refractivity contribution in [2.24, 2.45) is 11.7 Å². The molecule has 0 saturated heterocycles. The zero-order valence-corrected chi connectivity index (χ0v) is 34.0. The maximum absolute atomic E-state index is 13.8. The molecule has 0 spiro atoms. The molecule has 3 aromatic rings. The second-order valence-electron chi connectivity index (χ2n) is 14.7. The first kappa shape index (κ1) is 45.8. The zero-order chi connectivity index (χ0) is 42.2. The molecule has 0 aromatic heterocycles. The van der Waals surface area contributed by atoms with Crippen LogP contribution in [0.5, 0.6) is 0 Å². The first-order valence-corrected chi connectivity index (χ1v) is 19.6. The highest BCUT2D eigenvalue weighted by atomic mass is 32.2. The number of rotatable bonds is 19. The van der Waals surface area contributed by atoms with Crippen molar-refractivity contribution in [3.05, 3.63) is 108 Å². The molecule has 0 aliphatic carbocycles. The van der Waals surface area contributed by atoms with Gasteiger partial charge in [-0.1, -0.05) is 105 Å². The third-order valence-corrected chi connectivity index (χ3v) is 10.0. The molecular weight excluding hydrogens is 749 g/mol. The summed E-state index contributed by atoms with van der Waals surface area (Å²) in [7, 11) is 0. The highest BCUT2D eigenvalue weighted by Crippen LogP contribution is 2.48. The van der Waals surface area contributed by atoms with Gasteiger partial charge in [-0.25, -0.2) is 9.69 Å². The van der Waals surface area contributed by atoms with E-state index in [1.165, 1.54) is 18.7 Å². The minimum Gasteiger partial charge on any atom is -0.443 e. The largest absolute Gasteiger partial charge is 0.443 e. The van der Waals surface area contributed by atoms with E-state index in [0.29, 0.717) is 11.3 Å². The first-order valence-electron chi connectivity index (χ1n) is 18.6. The predicted octanol–water partition coefficient (Wildman–Crippen LogP) is 3.18. The standard InChI is InChI=1S/C42H53N6O8S/c1-28(2)22-34(43)39(54)45-23-35(50)44-24-36(51)47-29(3)38(53)46-25-37(52)48(40(55)56-41(4,5)6)33(26-49)27-57-42(30-16-10-7-11-17-30,31-18-12-8-13-19-31)32-20-14-9-15-21-32/h7-21,28-29,33-34H,22-25,27,43H2,1-6H3,(H,44,50)(H,45,54)(H,46,53)(H,47,51)/t29-,33+,34-/m0/s1. The van der Waals surface area contributed by atoms with Crippen molar-refractivity contribution in [1.82, 2.24) is 26.2 Å². The van der Waals surface area contributed by atoms with Crippen molar-refractivity contribution in [2.45, 2.75) is 76.4 Å². The van der Waals surface area contributed by atoms with E-state index in [1.807, 2.05) is 111 Å². The Balaban J connectivity index is 1.74. The van der Waals surface area contributed by atoms with Crippen LogP contribution >= 0.6 is 11.8 Å². The average molecular weight is 802 g/mol. The number of carbonyl (C=O) groups excluding carboxylic acids is 7. The van der Waals surface area contributed by atoms with Gasteiger partial charge in [-0.05, 0) is 56.7 Å². The van der Waals surface area contributed by atoms with Crippen molar-refractivity contribution in [1.29, 1.82) is 0 Å². The molecule has 0 heterocycles. The van der Waals surface area contributed by atoms with Crippen molar-refractivity contribution in [3.8, 4) is 0 Å². The lowest BCUT2D eigenvalue weighted by molar-refractivity contribution is -0.134. The summed E-state index contributed by atoms with van der Waals surface area (Å²) in [5.74, 6) is -3.51. The molecule has 3 atom stereocenters. The molecule has 0 aliphatic heterocycles. The second-order valence-corrected chi connectivity index (χ2v) is 15.9. The van der Waals surface area contributed by atoms with E-state index in [0.717, 1.165) is 16.7 Å². The molecule has 6 N–H and O–H groups in total. The molecule has 14 nitrogen and oxygen atoms in total. The van der Waals surface area contributed by atoms with E-state index in [1.54, 1.807) is 20.8 Å². The fourth-order valence-electron chi connectivity index (χ4n) is 5.76. The Morgan fingerprint density at radius 2 is 1.19 bits per heavy atom. The van der Waals surface area contributed by atoms with Gasteiger partial charge in [-0.15, -0.1) is 11.8 Å². The van der Waals surface area contributed by atoms with Crippen LogP contribution in [0, 0.1) is 5.92 Å². The fraction of sp³-hybridized carbons (Fsp3) is 0.405. The highest BCUT2D eigenvalue weighted by Gasteiger charge is 2.41. The van der Waals surface area contributed by atoms with Gasteiger partial charge in [0.2, 0.25) is 29.9 Å². The fourth-order valence-corrected chi connectivity index (χ4v) is 7.29. The Bertz CT molecular complexity index is 1730.